The van der Waals surface area contributed by atoms with Crippen LogP contribution in [0, 0.1) is 29.0 Å². The van der Waals surface area contributed by atoms with Crippen LogP contribution in [0.15, 0.2) is 18.2 Å². The third-order valence-electron chi connectivity index (χ3n) is 3.75. The van der Waals surface area contributed by atoms with E-state index in [2.05, 4.69) is 13.8 Å². The van der Waals surface area contributed by atoms with E-state index in [4.69, 9.17) is 5.26 Å². The molecule has 100 valence electrons. The minimum atomic E-state index is -0.509. The highest BCUT2D eigenvalue weighted by molar-refractivity contribution is 5.78. The molecule has 0 bridgehead atoms. The Hall–Kier alpha value is -1.89. The highest BCUT2D eigenvalue weighted by Gasteiger charge is 2.31. The van der Waals surface area contributed by atoms with Crippen LogP contribution in [0.2, 0.25) is 0 Å². The van der Waals surface area contributed by atoms with E-state index < -0.39 is 5.82 Å². The minimum Gasteiger partial charge on any atom is -0.338 e. The number of nitrogens with zero attached hydrogens (tertiary/aromatic N) is 2. The van der Waals surface area contributed by atoms with Gasteiger partial charge in [-0.1, -0.05) is 26.0 Å². The topological polar surface area (TPSA) is 44.1 Å². The molecule has 0 aromatic heterocycles. The fraction of sp³-hybridized carbons (Fsp3) is 0.467. The van der Waals surface area contributed by atoms with Crippen LogP contribution in [0.3, 0.4) is 0 Å². The second-order valence-corrected chi connectivity index (χ2v) is 5.37. The Balaban J connectivity index is 2.15. The lowest BCUT2D eigenvalue weighted by molar-refractivity contribution is -0.128. The average molecular weight is 260 g/mol. The van der Waals surface area contributed by atoms with E-state index in [-0.39, 0.29) is 18.0 Å². The molecule has 1 aliphatic heterocycles. The first kappa shape index (κ1) is 13.5. The molecule has 3 nitrogen and oxygen atoms in total. The summed E-state index contributed by atoms with van der Waals surface area (Å²) >= 11 is 0. The number of benzene rings is 1. The first-order valence-electron chi connectivity index (χ1n) is 6.48. The Morgan fingerprint density at radius 3 is 2.84 bits per heavy atom. The van der Waals surface area contributed by atoms with Gasteiger partial charge in [-0.05, 0) is 17.9 Å². The molecule has 0 saturated carbocycles. The van der Waals surface area contributed by atoms with E-state index in [0.717, 1.165) is 0 Å². The van der Waals surface area contributed by atoms with Gasteiger partial charge in [0, 0.05) is 25.1 Å². The van der Waals surface area contributed by atoms with Crippen molar-refractivity contribution in [2.75, 3.05) is 6.54 Å². The zero-order chi connectivity index (χ0) is 14.0. The van der Waals surface area contributed by atoms with Crippen molar-refractivity contribution >= 4 is 5.91 Å². The molecule has 1 aliphatic rings. The zero-order valence-electron chi connectivity index (χ0n) is 11.2. The average Bonchev–Trinajstić information content (AvgIpc) is 2.74. The summed E-state index contributed by atoms with van der Waals surface area (Å²) in [5.74, 6) is 0.352. The third kappa shape index (κ3) is 2.76. The van der Waals surface area contributed by atoms with E-state index >= 15 is 0 Å². The summed E-state index contributed by atoms with van der Waals surface area (Å²) in [5, 5.41) is 8.80. The van der Waals surface area contributed by atoms with E-state index in [1.807, 2.05) is 6.07 Å². The Morgan fingerprint density at radius 2 is 2.26 bits per heavy atom. The number of likely N-dealkylation sites (tertiary alicyclic amines) is 1. The molecule has 2 rings (SSSR count). The highest BCUT2D eigenvalue weighted by atomic mass is 19.1. The fourth-order valence-corrected chi connectivity index (χ4v) is 2.40. The summed E-state index contributed by atoms with van der Waals surface area (Å²) in [5.41, 5.74) is 0.446. The molecule has 4 heteroatoms. The minimum absolute atomic E-state index is 0.0320. The van der Waals surface area contributed by atoms with Gasteiger partial charge in [0.2, 0.25) is 5.91 Å². The largest absolute Gasteiger partial charge is 0.338 e. The second-order valence-electron chi connectivity index (χ2n) is 5.37. The first-order chi connectivity index (χ1) is 9.02. The predicted molar refractivity (Wildman–Crippen MR) is 69.5 cm³/mol. The SMILES string of the molecule is CC(C)C1CC(=O)N(Cc2cccc(C#N)c2F)C1. The van der Waals surface area contributed by atoms with Crippen molar-refractivity contribution < 1.29 is 9.18 Å². The number of rotatable bonds is 3. The molecule has 0 aliphatic carbocycles. The van der Waals surface area contributed by atoms with Gasteiger partial charge in [-0.2, -0.15) is 5.26 Å². The second kappa shape index (κ2) is 5.40. The summed E-state index contributed by atoms with van der Waals surface area (Å²) in [4.78, 5) is 13.6. The van der Waals surface area contributed by atoms with Crippen molar-refractivity contribution in [3.05, 3.63) is 35.1 Å². The molecule has 0 N–H and O–H groups in total. The van der Waals surface area contributed by atoms with Crippen LogP contribution in [0.5, 0.6) is 0 Å². The van der Waals surface area contributed by atoms with E-state index in [1.54, 1.807) is 17.0 Å². The molecule has 1 aromatic rings. The summed E-state index contributed by atoms with van der Waals surface area (Å²) < 4.78 is 13.9. The number of nitriles is 1. The number of carbonyl (C=O) groups is 1. The zero-order valence-corrected chi connectivity index (χ0v) is 11.2. The van der Waals surface area contributed by atoms with Crippen molar-refractivity contribution in [3.63, 3.8) is 0 Å². The van der Waals surface area contributed by atoms with Crippen molar-refractivity contribution in [1.29, 1.82) is 5.26 Å². The molecule has 1 atom stereocenters. The molecule has 1 heterocycles. The summed E-state index contributed by atoms with van der Waals surface area (Å²) in [6.45, 7) is 5.12. The molecule has 1 fully saturated rings. The number of carbonyl (C=O) groups excluding carboxylic acids is 1. The van der Waals surface area contributed by atoms with Crippen LogP contribution < -0.4 is 0 Å². The number of amides is 1. The Kier molecular flexibility index (Phi) is 3.84. The molecule has 1 aromatic carbocycles. The van der Waals surface area contributed by atoms with Crippen molar-refractivity contribution in [2.24, 2.45) is 11.8 Å². The number of halogens is 1. The van der Waals surface area contributed by atoms with Gasteiger partial charge in [0.25, 0.3) is 0 Å². The maximum atomic E-state index is 13.9. The van der Waals surface area contributed by atoms with Crippen molar-refractivity contribution in [1.82, 2.24) is 4.90 Å². The standard InChI is InChI=1S/C15H17FN2O/c1-10(2)13-6-14(19)18(9-13)8-12-5-3-4-11(7-17)15(12)16/h3-5,10,13H,6,8-9H2,1-2H3. The van der Waals surface area contributed by atoms with Crippen LogP contribution in [0.25, 0.3) is 0 Å². The van der Waals surface area contributed by atoms with E-state index in [1.165, 1.54) is 6.07 Å². The molecule has 1 amide bonds. The molecule has 1 saturated heterocycles. The molecule has 19 heavy (non-hydrogen) atoms. The van der Waals surface area contributed by atoms with Gasteiger partial charge in [0.1, 0.15) is 11.9 Å². The van der Waals surface area contributed by atoms with Crippen LogP contribution in [-0.4, -0.2) is 17.4 Å². The summed E-state index contributed by atoms with van der Waals surface area (Å²) in [6, 6.07) is 6.55. The number of hydrogen-bond donors (Lipinski definition) is 0. The van der Waals surface area contributed by atoms with Crippen LogP contribution in [0.4, 0.5) is 4.39 Å². The quantitative estimate of drug-likeness (QED) is 0.838. The lowest BCUT2D eigenvalue weighted by Gasteiger charge is -2.18. The van der Waals surface area contributed by atoms with Gasteiger partial charge >= 0.3 is 0 Å². The molecular weight excluding hydrogens is 243 g/mol. The van der Waals surface area contributed by atoms with Crippen LogP contribution in [0.1, 0.15) is 31.4 Å². The van der Waals surface area contributed by atoms with Crippen molar-refractivity contribution in [3.8, 4) is 6.07 Å². The van der Waals surface area contributed by atoms with E-state index in [0.29, 0.717) is 30.4 Å². The third-order valence-corrected chi connectivity index (χ3v) is 3.75. The molecular formula is C15H17FN2O. The van der Waals surface area contributed by atoms with Crippen molar-refractivity contribution in [2.45, 2.75) is 26.8 Å². The summed E-state index contributed by atoms with van der Waals surface area (Å²) in [6.07, 6.45) is 0.539. The maximum absolute atomic E-state index is 13.9. The number of hydrogen-bond acceptors (Lipinski definition) is 2. The smallest absolute Gasteiger partial charge is 0.223 e. The Bertz CT molecular complexity index is 533. The molecule has 0 spiro atoms. The first-order valence-corrected chi connectivity index (χ1v) is 6.48. The van der Waals surface area contributed by atoms with Gasteiger partial charge in [0.15, 0.2) is 0 Å². The highest BCUT2D eigenvalue weighted by Crippen LogP contribution is 2.26. The van der Waals surface area contributed by atoms with Crippen LogP contribution >= 0.6 is 0 Å². The Labute approximate surface area is 112 Å². The monoisotopic (exact) mass is 260 g/mol. The predicted octanol–water partition coefficient (Wildman–Crippen LogP) is 2.70. The maximum Gasteiger partial charge on any atom is 0.223 e. The van der Waals surface area contributed by atoms with Crippen LogP contribution in [-0.2, 0) is 11.3 Å². The van der Waals surface area contributed by atoms with Gasteiger partial charge in [-0.3, -0.25) is 4.79 Å². The fourth-order valence-electron chi connectivity index (χ4n) is 2.40. The lowest BCUT2D eigenvalue weighted by atomic mass is 9.95. The normalized spacial score (nSPS) is 19.0. The van der Waals surface area contributed by atoms with E-state index in [9.17, 15) is 9.18 Å². The molecule has 0 radical (unpaired) electrons. The Morgan fingerprint density at radius 1 is 1.53 bits per heavy atom. The lowest BCUT2D eigenvalue weighted by Crippen LogP contribution is -2.25. The summed E-state index contributed by atoms with van der Waals surface area (Å²) in [7, 11) is 0. The van der Waals surface area contributed by atoms with Gasteiger partial charge in [-0.25, -0.2) is 4.39 Å². The van der Waals surface area contributed by atoms with Gasteiger partial charge < -0.3 is 4.90 Å². The van der Waals surface area contributed by atoms with Gasteiger partial charge in [-0.15, -0.1) is 0 Å². The molecule has 1 unspecified atom stereocenters. The van der Waals surface area contributed by atoms with Gasteiger partial charge in [0.05, 0.1) is 5.56 Å².